The molecule has 0 unspecified atom stereocenters. The van der Waals surface area contributed by atoms with Gasteiger partial charge >= 0.3 is 0 Å². The zero-order chi connectivity index (χ0) is 13.8. The van der Waals surface area contributed by atoms with E-state index >= 15 is 0 Å². The number of rotatable bonds is 5. The maximum Gasteiger partial charge on any atom is 0.240 e. The summed E-state index contributed by atoms with van der Waals surface area (Å²) < 4.78 is 18.3. The van der Waals surface area contributed by atoms with E-state index in [9.17, 15) is 9.50 Å². The average molecular weight is 286 g/mol. The van der Waals surface area contributed by atoms with E-state index in [1.807, 2.05) is 0 Å². The second-order valence-corrected chi connectivity index (χ2v) is 4.43. The lowest BCUT2D eigenvalue weighted by atomic mass is 10.1. The second kappa shape index (κ2) is 6.10. The summed E-state index contributed by atoms with van der Waals surface area (Å²) in [7, 11) is 0. The Kier molecular flexibility index (Phi) is 4.47. The highest BCUT2D eigenvalue weighted by Gasteiger charge is 2.13. The maximum atomic E-state index is 13.4. The van der Waals surface area contributed by atoms with Crippen LogP contribution in [0.1, 0.15) is 23.3 Å². The number of nitrogens with one attached hydrogen (secondary N) is 1. The van der Waals surface area contributed by atoms with Crippen molar-refractivity contribution in [3.05, 3.63) is 46.3 Å². The number of hydrogen-bond acceptors (Lipinski definition) is 5. The van der Waals surface area contributed by atoms with E-state index in [0.29, 0.717) is 17.3 Å². The van der Waals surface area contributed by atoms with Gasteiger partial charge < -0.3 is 9.63 Å². The monoisotopic (exact) mass is 285 g/mol. The van der Waals surface area contributed by atoms with E-state index in [0.717, 1.165) is 0 Å². The third-order valence-corrected chi connectivity index (χ3v) is 2.90. The largest absolute Gasteiger partial charge is 0.394 e. The molecule has 2 rings (SSSR count). The SMILES string of the molecule is Cc1noc(CN[C@@H](CO)c2ccc(Cl)c(F)c2)n1. The number of aliphatic hydroxyl groups excluding tert-OH is 1. The summed E-state index contributed by atoms with van der Waals surface area (Å²) in [5.41, 5.74) is 0.598. The van der Waals surface area contributed by atoms with Crippen LogP contribution >= 0.6 is 11.6 Å². The van der Waals surface area contributed by atoms with Gasteiger partial charge in [-0.1, -0.05) is 22.8 Å². The van der Waals surface area contributed by atoms with Crippen LogP contribution in [0.4, 0.5) is 4.39 Å². The number of benzene rings is 1. The number of halogens is 2. The molecule has 1 atom stereocenters. The standard InChI is InChI=1S/C12H13ClFN3O2/c1-7-16-12(19-17-7)5-15-11(6-18)8-2-3-9(13)10(14)4-8/h2-4,11,15,18H,5-6H2,1H3/t11-/m0/s1. The molecule has 0 amide bonds. The molecule has 0 aliphatic heterocycles. The van der Waals surface area contributed by atoms with Crippen molar-refractivity contribution in [1.82, 2.24) is 15.5 Å². The average Bonchev–Trinajstić information content (AvgIpc) is 2.80. The van der Waals surface area contributed by atoms with Crippen molar-refractivity contribution >= 4 is 11.6 Å². The zero-order valence-electron chi connectivity index (χ0n) is 10.2. The molecule has 0 saturated heterocycles. The molecule has 2 aromatic rings. The van der Waals surface area contributed by atoms with Crippen LogP contribution in [0.5, 0.6) is 0 Å². The second-order valence-electron chi connectivity index (χ2n) is 4.02. The van der Waals surface area contributed by atoms with Crippen LogP contribution in [0.3, 0.4) is 0 Å². The fourth-order valence-corrected chi connectivity index (χ4v) is 1.76. The van der Waals surface area contributed by atoms with Crippen LogP contribution in [0.25, 0.3) is 0 Å². The summed E-state index contributed by atoms with van der Waals surface area (Å²) in [6.07, 6.45) is 0. The highest BCUT2D eigenvalue weighted by Crippen LogP contribution is 2.20. The van der Waals surface area contributed by atoms with Crippen molar-refractivity contribution in [2.24, 2.45) is 0 Å². The molecule has 1 aromatic heterocycles. The minimum Gasteiger partial charge on any atom is -0.394 e. The Morgan fingerprint density at radius 3 is 2.89 bits per heavy atom. The highest BCUT2D eigenvalue weighted by atomic mass is 35.5. The summed E-state index contributed by atoms with van der Waals surface area (Å²) in [4.78, 5) is 4.03. The molecule has 19 heavy (non-hydrogen) atoms. The Morgan fingerprint density at radius 1 is 1.53 bits per heavy atom. The Hall–Kier alpha value is -1.50. The van der Waals surface area contributed by atoms with E-state index in [1.54, 1.807) is 13.0 Å². The summed E-state index contributed by atoms with van der Waals surface area (Å²) in [6, 6.07) is 3.96. The van der Waals surface area contributed by atoms with Crippen LogP contribution < -0.4 is 5.32 Å². The van der Waals surface area contributed by atoms with Gasteiger partial charge in [0.05, 0.1) is 24.2 Å². The topological polar surface area (TPSA) is 71.2 Å². The van der Waals surface area contributed by atoms with Crippen LogP contribution in [0, 0.1) is 12.7 Å². The molecule has 102 valence electrons. The van der Waals surface area contributed by atoms with Crippen molar-refractivity contribution < 1.29 is 14.0 Å². The van der Waals surface area contributed by atoms with Gasteiger partial charge in [0.25, 0.3) is 0 Å². The zero-order valence-corrected chi connectivity index (χ0v) is 11.0. The van der Waals surface area contributed by atoms with Crippen molar-refractivity contribution in [3.63, 3.8) is 0 Å². The number of aromatic nitrogens is 2. The van der Waals surface area contributed by atoms with Crippen molar-refractivity contribution in [2.75, 3.05) is 6.61 Å². The van der Waals surface area contributed by atoms with E-state index in [2.05, 4.69) is 15.5 Å². The minimum absolute atomic E-state index is 0.0490. The molecule has 0 bridgehead atoms. The Bertz CT molecular complexity index is 562. The van der Waals surface area contributed by atoms with Gasteiger partial charge in [-0.25, -0.2) is 4.39 Å². The van der Waals surface area contributed by atoms with Crippen molar-refractivity contribution in [3.8, 4) is 0 Å². The Morgan fingerprint density at radius 2 is 2.32 bits per heavy atom. The molecule has 7 heteroatoms. The molecule has 5 nitrogen and oxygen atoms in total. The lowest BCUT2D eigenvalue weighted by Gasteiger charge is -2.15. The third kappa shape index (κ3) is 3.50. The summed E-state index contributed by atoms with van der Waals surface area (Å²) >= 11 is 5.61. The van der Waals surface area contributed by atoms with Gasteiger partial charge in [-0.05, 0) is 24.6 Å². The Labute approximate surface area is 114 Å². The van der Waals surface area contributed by atoms with Crippen molar-refractivity contribution in [2.45, 2.75) is 19.5 Å². The van der Waals surface area contributed by atoms with Crippen LogP contribution in [-0.2, 0) is 6.54 Å². The molecule has 0 aliphatic carbocycles. The lowest BCUT2D eigenvalue weighted by Crippen LogP contribution is -2.24. The molecule has 1 aromatic carbocycles. The van der Waals surface area contributed by atoms with Crippen LogP contribution in [0.15, 0.2) is 22.7 Å². The van der Waals surface area contributed by atoms with E-state index in [-0.39, 0.29) is 18.2 Å². The van der Waals surface area contributed by atoms with Gasteiger partial charge in [0.2, 0.25) is 5.89 Å². The Balaban J connectivity index is 2.05. The lowest BCUT2D eigenvalue weighted by molar-refractivity contribution is 0.237. The van der Waals surface area contributed by atoms with Gasteiger partial charge in [0.1, 0.15) is 5.82 Å². The van der Waals surface area contributed by atoms with Gasteiger partial charge in [0, 0.05) is 0 Å². The van der Waals surface area contributed by atoms with E-state index in [1.165, 1.54) is 12.1 Å². The van der Waals surface area contributed by atoms with Crippen LogP contribution in [-0.4, -0.2) is 21.9 Å². The predicted molar refractivity (Wildman–Crippen MR) is 67.1 cm³/mol. The smallest absolute Gasteiger partial charge is 0.240 e. The number of aryl methyl sites for hydroxylation is 1. The first-order valence-corrected chi connectivity index (χ1v) is 6.06. The number of aliphatic hydroxyl groups is 1. The number of hydrogen-bond donors (Lipinski definition) is 2. The molecule has 0 aliphatic rings. The predicted octanol–water partition coefficient (Wildman–Crippen LogP) is 1.99. The van der Waals surface area contributed by atoms with Gasteiger partial charge in [-0.2, -0.15) is 4.98 Å². The molecule has 0 radical (unpaired) electrons. The molecular formula is C12H13ClFN3O2. The molecule has 0 saturated carbocycles. The van der Waals surface area contributed by atoms with Gasteiger partial charge in [-0.3, -0.25) is 5.32 Å². The maximum absolute atomic E-state index is 13.4. The highest BCUT2D eigenvalue weighted by molar-refractivity contribution is 6.30. The quantitative estimate of drug-likeness (QED) is 0.879. The van der Waals surface area contributed by atoms with E-state index in [4.69, 9.17) is 16.1 Å². The first-order chi connectivity index (χ1) is 9.10. The first kappa shape index (κ1) is 13.9. The summed E-state index contributed by atoms with van der Waals surface area (Å²) in [6.45, 7) is 1.82. The molecule has 2 N–H and O–H groups in total. The first-order valence-electron chi connectivity index (χ1n) is 5.68. The molecule has 0 fully saturated rings. The fraction of sp³-hybridized carbons (Fsp3) is 0.333. The van der Waals surface area contributed by atoms with Crippen molar-refractivity contribution in [1.29, 1.82) is 0 Å². The normalized spacial score (nSPS) is 12.6. The van der Waals surface area contributed by atoms with Gasteiger partial charge in [0.15, 0.2) is 5.82 Å². The minimum atomic E-state index is -0.520. The summed E-state index contributed by atoms with van der Waals surface area (Å²) in [5, 5.41) is 16.0. The van der Waals surface area contributed by atoms with Gasteiger partial charge in [-0.15, -0.1) is 0 Å². The van der Waals surface area contributed by atoms with Crippen LogP contribution in [0.2, 0.25) is 5.02 Å². The van der Waals surface area contributed by atoms with E-state index < -0.39 is 11.9 Å². The fourth-order valence-electron chi connectivity index (χ4n) is 1.64. The molecule has 1 heterocycles. The third-order valence-electron chi connectivity index (χ3n) is 2.60. The summed E-state index contributed by atoms with van der Waals surface area (Å²) in [5.74, 6) is 0.424. The molecule has 0 spiro atoms. The number of nitrogens with zero attached hydrogens (tertiary/aromatic N) is 2. The molecular weight excluding hydrogens is 273 g/mol.